The Morgan fingerprint density at radius 2 is 1.86 bits per heavy atom. The maximum Gasteiger partial charge on any atom is 0.257 e. The van der Waals surface area contributed by atoms with Crippen molar-refractivity contribution >= 4 is 55.8 Å². The average Bonchev–Trinajstić information content (AvgIpc) is 2.87. The van der Waals surface area contributed by atoms with E-state index in [4.69, 9.17) is 23.2 Å². The number of hydrogen-bond donors (Lipinski definition) is 1. The number of anilines is 1. The number of benzene rings is 2. The molecule has 3 nitrogen and oxygen atoms in total. The number of rotatable bonds is 2. The van der Waals surface area contributed by atoms with Crippen molar-refractivity contribution in [3.05, 3.63) is 57.6 Å². The Bertz CT molecular complexity index is 828. The molecule has 1 N–H and O–H groups in total. The fourth-order valence-corrected chi connectivity index (χ4v) is 3.12. The van der Waals surface area contributed by atoms with Gasteiger partial charge in [0.05, 0.1) is 10.2 Å². The highest BCUT2D eigenvalue weighted by atomic mass is 35.5. The zero-order valence-corrected chi connectivity index (χ0v) is 13.3. The summed E-state index contributed by atoms with van der Waals surface area (Å²) < 4.78 is 0.989. The van der Waals surface area contributed by atoms with Crippen LogP contribution in [0.1, 0.15) is 15.9 Å². The topological polar surface area (TPSA) is 42.0 Å². The van der Waals surface area contributed by atoms with Crippen LogP contribution in [0.15, 0.2) is 36.4 Å². The third-order valence-electron chi connectivity index (χ3n) is 3.07. The van der Waals surface area contributed by atoms with Gasteiger partial charge in [0.15, 0.2) is 5.13 Å². The van der Waals surface area contributed by atoms with Crippen LogP contribution >= 0.6 is 34.5 Å². The van der Waals surface area contributed by atoms with Crippen LogP contribution < -0.4 is 5.32 Å². The summed E-state index contributed by atoms with van der Waals surface area (Å²) in [7, 11) is 0. The van der Waals surface area contributed by atoms with Crippen LogP contribution in [0.5, 0.6) is 0 Å². The number of aromatic nitrogens is 1. The Balaban J connectivity index is 1.89. The van der Waals surface area contributed by atoms with Gasteiger partial charge in [-0.2, -0.15) is 0 Å². The largest absolute Gasteiger partial charge is 0.298 e. The molecule has 6 heteroatoms. The Hall–Kier alpha value is -1.62. The molecule has 21 heavy (non-hydrogen) atoms. The summed E-state index contributed by atoms with van der Waals surface area (Å²) in [5, 5.41) is 4.61. The first kappa shape index (κ1) is 14.3. The van der Waals surface area contributed by atoms with E-state index >= 15 is 0 Å². The van der Waals surface area contributed by atoms with Gasteiger partial charge in [-0.1, -0.05) is 34.5 Å². The molecule has 0 unspecified atom stereocenters. The SMILES string of the molecule is Cc1c(Cl)ccc2sc(NC(=O)c3ccc(Cl)cc3)nc12. The molecule has 0 spiro atoms. The van der Waals surface area contributed by atoms with Crippen molar-refractivity contribution in [2.75, 3.05) is 5.32 Å². The fraction of sp³-hybridized carbons (Fsp3) is 0.0667. The van der Waals surface area contributed by atoms with Crippen molar-refractivity contribution in [3.63, 3.8) is 0 Å². The zero-order valence-electron chi connectivity index (χ0n) is 11.0. The molecule has 0 radical (unpaired) electrons. The van der Waals surface area contributed by atoms with Crippen LogP contribution in [0, 0.1) is 6.92 Å². The number of hydrogen-bond acceptors (Lipinski definition) is 3. The highest BCUT2D eigenvalue weighted by Gasteiger charge is 2.12. The van der Waals surface area contributed by atoms with Crippen LogP contribution in [0.4, 0.5) is 5.13 Å². The van der Waals surface area contributed by atoms with Crippen LogP contribution in [-0.4, -0.2) is 10.9 Å². The molecule has 1 aromatic heterocycles. The van der Waals surface area contributed by atoms with Gasteiger partial charge < -0.3 is 0 Å². The Kier molecular flexibility index (Phi) is 3.85. The number of nitrogens with one attached hydrogen (secondary N) is 1. The minimum absolute atomic E-state index is 0.213. The van der Waals surface area contributed by atoms with E-state index < -0.39 is 0 Å². The smallest absolute Gasteiger partial charge is 0.257 e. The van der Waals surface area contributed by atoms with Crippen LogP contribution in [-0.2, 0) is 0 Å². The van der Waals surface area contributed by atoms with Gasteiger partial charge in [0.25, 0.3) is 5.91 Å². The maximum absolute atomic E-state index is 12.1. The molecule has 3 rings (SSSR count). The number of nitrogens with zero attached hydrogens (tertiary/aromatic N) is 1. The molecule has 3 aromatic rings. The summed E-state index contributed by atoms with van der Waals surface area (Å²) in [5.41, 5.74) is 2.27. The van der Waals surface area contributed by atoms with Crippen LogP contribution in [0.3, 0.4) is 0 Å². The van der Waals surface area contributed by atoms with Crippen molar-refractivity contribution in [2.45, 2.75) is 6.92 Å². The van der Waals surface area contributed by atoms with Crippen molar-refractivity contribution in [1.82, 2.24) is 4.98 Å². The van der Waals surface area contributed by atoms with Gasteiger partial charge in [-0.25, -0.2) is 4.98 Å². The van der Waals surface area contributed by atoms with E-state index in [1.807, 2.05) is 19.1 Å². The van der Waals surface area contributed by atoms with Gasteiger partial charge in [-0.15, -0.1) is 0 Å². The Labute approximate surface area is 135 Å². The number of carbonyl (C=O) groups is 1. The standard InChI is InChI=1S/C15H10Cl2N2OS/c1-8-11(17)6-7-12-13(8)18-15(21-12)19-14(20)9-2-4-10(16)5-3-9/h2-7H,1H3,(H,18,19,20). The van der Waals surface area contributed by atoms with E-state index in [-0.39, 0.29) is 5.91 Å². The summed E-state index contributed by atoms with van der Waals surface area (Å²) in [6.07, 6.45) is 0. The summed E-state index contributed by atoms with van der Waals surface area (Å²) in [6.45, 7) is 1.91. The van der Waals surface area contributed by atoms with E-state index in [0.29, 0.717) is 20.7 Å². The lowest BCUT2D eigenvalue weighted by Crippen LogP contribution is -2.11. The van der Waals surface area contributed by atoms with Crippen molar-refractivity contribution < 1.29 is 4.79 Å². The molecule has 0 aliphatic rings. The van der Waals surface area contributed by atoms with Gasteiger partial charge >= 0.3 is 0 Å². The molecule has 0 aliphatic carbocycles. The highest BCUT2D eigenvalue weighted by Crippen LogP contribution is 2.31. The lowest BCUT2D eigenvalue weighted by Gasteiger charge is -2.01. The second-order valence-electron chi connectivity index (χ2n) is 4.50. The Morgan fingerprint density at radius 1 is 1.14 bits per heavy atom. The second-order valence-corrected chi connectivity index (χ2v) is 6.37. The number of halogens is 2. The summed E-state index contributed by atoms with van der Waals surface area (Å²) in [5.74, 6) is -0.213. The van der Waals surface area contributed by atoms with Gasteiger partial charge in [0.1, 0.15) is 0 Å². The molecular formula is C15H10Cl2N2OS. The van der Waals surface area contributed by atoms with Crippen molar-refractivity contribution in [2.24, 2.45) is 0 Å². The normalized spacial score (nSPS) is 10.8. The molecular weight excluding hydrogens is 327 g/mol. The first-order chi connectivity index (χ1) is 10.0. The average molecular weight is 337 g/mol. The summed E-state index contributed by atoms with van der Waals surface area (Å²) in [6, 6.07) is 10.4. The molecule has 0 saturated carbocycles. The van der Waals surface area contributed by atoms with Gasteiger partial charge in [0.2, 0.25) is 0 Å². The molecule has 0 aliphatic heterocycles. The summed E-state index contributed by atoms with van der Waals surface area (Å²) in [4.78, 5) is 16.6. The fourth-order valence-electron chi connectivity index (χ4n) is 1.92. The van der Waals surface area contributed by atoms with Crippen molar-refractivity contribution in [3.8, 4) is 0 Å². The Morgan fingerprint density at radius 3 is 2.57 bits per heavy atom. The van der Waals surface area contributed by atoms with E-state index in [0.717, 1.165) is 15.8 Å². The lowest BCUT2D eigenvalue weighted by molar-refractivity contribution is 0.102. The van der Waals surface area contributed by atoms with E-state index in [1.165, 1.54) is 11.3 Å². The first-order valence-electron chi connectivity index (χ1n) is 6.17. The number of aryl methyl sites for hydroxylation is 1. The second kappa shape index (κ2) is 5.64. The summed E-state index contributed by atoms with van der Waals surface area (Å²) >= 11 is 13.3. The minimum Gasteiger partial charge on any atom is -0.298 e. The van der Waals surface area contributed by atoms with Crippen LogP contribution in [0.2, 0.25) is 10.0 Å². The molecule has 2 aromatic carbocycles. The molecule has 0 atom stereocenters. The maximum atomic E-state index is 12.1. The third-order valence-corrected chi connectivity index (χ3v) is 4.67. The van der Waals surface area contributed by atoms with E-state index in [1.54, 1.807) is 24.3 Å². The quantitative estimate of drug-likeness (QED) is 0.701. The van der Waals surface area contributed by atoms with E-state index in [2.05, 4.69) is 10.3 Å². The number of fused-ring (bicyclic) bond motifs is 1. The monoisotopic (exact) mass is 336 g/mol. The van der Waals surface area contributed by atoms with Gasteiger partial charge in [-0.05, 0) is 48.9 Å². The molecule has 106 valence electrons. The minimum atomic E-state index is -0.213. The molecule has 1 heterocycles. The highest BCUT2D eigenvalue weighted by molar-refractivity contribution is 7.22. The lowest BCUT2D eigenvalue weighted by atomic mass is 10.2. The third kappa shape index (κ3) is 2.88. The number of thiazole rings is 1. The number of carbonyl (C=O) groups excluding carboxylic acids is 1. The van der Waals surface area contributed by atoms with Gasteiger partial charge in [-0.3, -0.25) is 10.1 Å². The van der Waals surface area contributed by atoms with Crippen LogP contribution in [0.25, 0.3) is 10.2 Å². The van der Waals surface area contributed by atoms with E-state index in [9.17, 15) is 4.79 Å². The van der Waals surface area contributed by atoms with Gasteiger partial charge in [0, 0.05) is 15.6 Å². The van der Waals surface area contributed by atoms with Crippen molar-refractivity contribution in [1.29, 1.82) is 0 Å². The molecule has 0 saturated heterocycles. The molecule has 0 fully saturated rings. The molecule has 1 amide bonds. The number of amides is 1. The predicted molar refractivity (Wildman–Crippen MR) is 88.8 cm³/mol. The molecule has 0 bridgehead atoms. The predicted octanol–water partition coefficient (Wildman–Crippen LogP) is 5.16. The first-order valence-corrected chi connectivity index (χ1v) is 7.74. The zero-order chi connectivity index (χ0) is 15.0.